The average Bonchev–Trinajstić information content (AvgIpc) is 2.52. The summed E-state index contributed by atoms with van der Waals surface area (Å²) in [7, 11) is 0. The van der Waals surface area contributed by atoms with Crippen LogP contribution in [0.25, 0.3) is 0 Å². The van der Waals surface area contributed by atoms with E-state index < -0.39 is 0 Å². The van der Waals surface area contributed by atoms with Gasteiger partial charge in [0.2, 0.25) is 5.91 Å². The van der Waals surface area contributed by atoms with Gasteiger partial charge in [-0.2, -0.15) is 0 Å². The van der Waals surface area contributed by atoms with Gasteiger partial charge in [-0.05, 0) is 37.6 Å². The predicted molar refractivity (Wildman–Crippen MR) is 92.7 cm³/mol. The predicted octanol–water partition coefficient (Wildman–Crippen LogP) is 3.09. The summed E-state index contributed by atoms with van der Waals surface area (Å²) in [6.07, 6.45) is 0. The number of para-hydroxylation sites is 1. The standard InChI is InChI=1S/C19H22N2O2/c1-14-7-6-9-17(13-14)19(23)20-11-12-21(16(3)22)18-10-5-4-8-15(18)2/h4-10,13H,11-12H2,1-3H3,(H,20,23). The summed E-state index contributed by atoms with van der Waals surface area (Å²) in [5.74, 6) is -0.161. The van der Waals surface area contributed by atoms with Gasteiger partial charge in [0.1, 0.15) is 0 Å². The molecule has 120 valence electrons. The molecule has 0 radical (unpaired) electrons. The van der Waals surface area contributed by atoms with Crippen LogP contribution in [0.2, 0.25) is 0 Å². The Kier molecular flexibility index (Phi) is 5.52. The Bertz CT molecular complexity index is 710. The second kappa shape index (κ2) is 7.58. The molecule has 2 rings (SSSR count). The SMILES string of the molecule is CC(=O)N(CCNC(=O)c1cccc(C)c1)c1ccccc1C. The van der Waals surface area contributed by atoms with E-state index in [9.17, 15) is 9.59 Å². The fraction of sp³-hybridized carbons (Fsp3) is 0.263. The number of amides is 2. The Morgan fingerprint density at radius 1 is 1.04 bits per heavy atom. The zero-order chi connectivity index (χ0) is 16.8. The Balaban J connectivity index is 1.99. The molecule has 0 atom stereocenters. The van der Waals surface area contributed by atoms with Crippen molar-refractivity contribution in [3.05, 3.63) is 65.2 Å². The number of rotatable bonds is 5. The number of hydrogen-bond donors (Lipinski definition) is 1. The van der Waals surface area contributed by atoms with Gasteiger partial charge in [0, 0.05) is 31.3 Å². The van der Waals surface area contributed by atoms with Crippen LogP contribution in [-0.2, 0) is 4.79 Å². The van der Waals surface area contributed by atoms with E-state index in [2.05, 4.69) is 5.32 Å². The van der Waals surface area contributed by atoms with Crippen molar-refractivity contribution in [1.82, 2.24) is 5.32 Å². The zero-order valence-corrected chi connectivity index (χ0v) is 13.8. The number of hydrogen-bond acceptors (Lipinski definition) is 2. The highest BCUT2D eigenvalue weighted by Crippen LogP contribution is 2.19. The normalized spacial score (nSPS) is 10.2. The van der Waals surface area contributed by atoms with E-state index in [1.807, 2.05) is 56.3 Å². The lowest BCUT2D eigenvalue weighted by Gasteiger charge is -2.23. The van der Waals surface area contributed by atoms with Crippen LogP contribution in [0.4, 0.5) is 5.69 Å². The van der Waals surface area contributed by atoms with E-state index in [0.29, 0.717) is 18.7 Å². The summed E-state index contributed by atoms with van der Waals surface area (Å²) in [6, 6.07) is 15.2. The third kappa shape index (κ3) is 4.42. The summed E-state index contributed by atoms with van der Waals surface area (Å²) >= 11 is 0. The quantitative estimate of drug-likeness (QED) is 0.922. The monoisotopic (exact) mass is 310 g/mol. The topological polar surface area (TPSA) is 49.4 Å². The van der Waals surface area contributed by atoms with Crippen LogP contribution in [0.5, 0.6) is 0 Å². The Morgan fingerprint density at radius 2 is 1.78 bits per heavy atom. The van der Waals surface area contributed by atoms with Crippen LogP contribution in [-0.4, -0.2) is 24.9 Å². The molecule has 4 heteroatoms. The van der Waals surface area contributed by atoms with Crippen molar-refractivity contribution in [1.29, 1.82) is 0 Å². The highest BCUT2D eigenvalue weighted by Gasteiger charge is 2.13. The molecular weight excluding hydrogens is 288 g/mol. The molecule has 2 aromatic rings. The number of nitrogens with one attached hydrogen (secondary N) is 1. The number of carbonyl (C=O) groups excluding carboxylic acids is 2. The van der Waals surface area contributed by atoms with Crippen LogP contribution in [0.15, 0.2) is 48.5 Å². The van der Waals surface area contributed by atoms with E-state index in [4.69, 9.17) is 0 Å². The molecule has 0 heterocycles. The number of aryl methyl sites for hydroxylation is 2. The Morgan fingerprint density at radius 3 is 2.43 bits per heavy atom. The minimum atomic E-state index is -0.123. The summed E-state index contributed by atoms with van der Waals surface area (Å²) in [6.45, 7) is 6.30. The molecule has 0 saturated carbocycles. The van der Waals surface area contributed by atoms with Crippen LogP contribution in [0, 0.1) is 13.8 Å². The van der Waals surface area contributed by atoms with E-state index in [1.54, 1.807) is 11.0 Å². The molecule has 0 aliphatic rings. The van der Waals surface area contributed by atoms with Crippen LogP contribution < -0.4 is 10.2 Å². The van der Waals surface area contributed by atoms with Gasteiger partial charge < -0.3 is 10.2 Å². The Labute approximate surface area is 137 Å². The third-order valence-corrected chi connectivity index (χ3v) is 3.69. The smallest absolute Gasteiger partial charge is 0.251 e. The van der Waals surface area contributed by atoms with Gasteiger partial charge in [0.15, 0.2) is 0 Å². The molecule has 0 saturated heterocycles. The largest absolute Gasteiger partial charge is 0.350 e. The maximum Gasteiger partial charge on any atom is 0.251 e. The highest BCUT2D eigenvalue weighted by molar-refractivity contribution is 5.95. The summed E-state index contributed by atoms with van der Waals surface area (Å²) < 4.78 is 0. The van der Waals surface area contributed by atoms with Gasteiger partial charge in [0.25, 0.3) is 5.91 Å². The first-order chi connectivity index (χ1) is 11.0. The van der Waals surface area contributed by atoms with Gasteiger partial charge in [-0.15, -0.1) is 0 Å². The molecule has 0 aliphatic heterocycles. The molecule has 1 N–H and O–H groups in total. The third-order valence-electron chi connectivity index (χ3n) is 3.69. The van der Waals surface area contributed by atoms with E-state index in [1.165, 1.54) is 6.92 Å². The molecule has 0 aliphatic carbocycles. The van der Waals surface area contributed by atoms with Crippen LogP contribution in [0.1, 0.15) is 28.4 Å². The average molecular weight is 310 g/mol. The summed E-state index contributed by atoms with van der Waals surface area (Å²) in [4.78, 5) is 25.7. The second-order valence-corrected chi connectivity index (χ2v) is 5.58. The first kappa shape index (κ1) is 16.7. The van der Waals surface area contributed by atoms with Gasteiger partial charge in [-0.3, -0.25) is 9.59 Å². The molecule has 0 unspecified atom stereocenters. The van der Waals surface area contributed by atoms with E-state index in [0.717, 1.165) is 16.8 Å². The molecule has 4 nitrogen and oxygen atoms in total. The second-order valence-electron chi connectivity index (χ2n) is 5.58. The number of carbonyl (C=O) groups is 2. The molecule has 23 heavy (non-hydrogen) atoms. The van der Waals surface area contributed by atoms with Crippen molar-refractivity contribution >= 4 is 17.5 Å². The van der Waals surface area contributed by atoms with Crippen LogP contribution >= 0.6 is 0 Å². The number of benzene rings is 2. The van der Waals surface area contributed by atoms with Crippen molar-refractivity contribution < 1.29 is 9.59 Å². The van der Waals surface area contributed by atoms with Crippen molar-refractivity contribution in [2.45, 2.75) is 20.8 Å². The van der Waals surface area contributed by atoms with Gasteiger partial charge >= 0.3 is 0 Å². The van der Waals surface area contributed by atoms with Gasteiger partial charge in [0.05, 0.1) is 0 Å². The fourth-order valence-corrected chi connectivity index (χ4v) is 2.48. The fourth-order valence-electron chi connectivity index (χ4n) is 2.48. The van der Waals surface area contributed by atoms with Crippen molar-refractivity contribution in [3.8, 4) is 0 Å². The molecule has 0 fully saturated rings. The molecule has 0 aromatic heterocycles. The van der Waals surface area contributed by atoms with Crippen molar-refractivity contribution in [2.75, 3.05) is 18.0 Å². The first-order valence-corrected chi connectivity index (χ1v) is 7.67. The van der Waals surface area contributed by atoms with Crippen molar-refractivity contribution in [3.63, 3.8) is 0 Å². The first-order valence-electron chi connectivity index (χ1n) is 7.67. The van der Waals surface area contributed by atoms with E-state index in [-0.39, 0.29) is 11.8 Å². The molecule has 0 spiro atoms. The van der Waals surface area contributed by atoms with Crippen LogP contribution in [0.3, 0.4) is 0 Å². The van der Waals surface area contributed by atoms with E-state index >= 15 is 0 Å². The lowest BCUT2D eigenvalue weighted by molar-refractivity contribution is -0.116. The minimum absolute atomic E-state index is 0.0379. The molecule has 2 aromatic carbocycles. The highest BCUT2D eigenvalue weighted by atomic mass is 16.2. The van der Waals surface area contributed by atoms with Gasteiger partial charge in [-0.1, -0.05) is 35.9 Å². The molecular formula is C19H22N2O2. The lowest BCUT2D eigenvalue weighted by atomic mass is 10.1. The maximum atomic E-state index is 12.1. The maximum absolute atomic E-state index is 12.1. The molecule has 0 bridgehead atoms. The lowest BCUT2D eigenvalue weighted by Crippen LogP contribution is -2.37. The van der Waals surface area contributed by atoms with Gasteiger partial charge in [-0.25, -0.2) is 0 Å². The minimum Gasteiger partial charge on any atom is -0.350 e. The molecule has 2 amide bonds. The number of anilines is 1. The Hall–Kier alpha value is -2.62. The summed E-state index contributed by atoms with van der Waals surface area (Å²) in [5.41, 5.74) is 3.59. The summed E-state index contributed by atoms with van der Waals surface area (Å²) in [5, 5.41) is 2.87. The number of nitrogens with zero attached hydrogens (tertiary/aromatic N) is 1. The van der Waals surface area contributed by atoms with Crippen molar-refractivity contribution in [2.24, 2.45) is 0 Å². The zero-order valence-electron chi connectivity index (χ0n) is 13.8.